The summed E-state index contributed by atoms with van der Waals surface area (Å²) in [5.74, 6) is 0.770. The molecule has 2 aliphatic heterocycles. The summed E-state index contributed by atoms with van der Waals surface area (Å²) in [6.07, 6.45) is 2.41. The van der Waals surface area contributed by atoms with Crippen molar-refractivity contribution in [1.29, 1.82) is 0 Å². The fourth-order valence-electron chi connectivity index (χ4n) is 3.36. The molecule has 4 rings (SSSR count). The Morgan fingerprint density at radius 2 is 2.12 bits per heavy atom. The van der Waals surface area contributed by atoms with Crippen LogP contribution in [-0.4, -0.2) is 36.4 Å². The molecule has 25 heavy (non-hydrogen) atoms. The number of fused-ring (bicyclic) bond motifs is 1. The maximum atomic E-state index is 12.4. The maximum absolute atomic E-state index is 12.4. The Bertz CT molecular complexity index is 801. The molecule has 2 aromatic rings. The van der Waals surface area contributed by atoms with Crippen LogP contribution in [0.2, 0.25) is 0 Å². The molecule has 3 heterocycles. The summed E-state index contributed by atoms with van der Waals surface area (Å²) in [6, 6.07) is 9.52. The number of amides is 2. The SMILES string of the molecule is O=C(COc1cccc(N2CCCC2=O)c1)N1CCc2sccc2C1. The van der Waals surface area contributed by atoms with E-state index in [4.69, 9.17) is 4.74 Å². The summed E-state index contributed by atoms with van der Waals surface area (Å²) < 4.78 is 5.70. The molecular weight excluding hydrogens is 336 g/mol. The monoisotopic (exact) mass is 356 g/mol. The predicted octanol–water partition coefficient (Wildman–Crippen LogP) is 2.84. The maximum Gasteiger partial charge on any atom is 0.260 e. The van der Waals surface area contributed by atoms with Crippen LogP contribution in [0.25, 0.3) is 0 Å². The number of hydrogen-bond acceptors (Lipinski definition) is 4. The first kappa shape index (κ1) is 16.1. The van der Waals surface area contributed by atoms with Crippen molar-refractivity contribution < 1.29 is 14.3 Å². The summed E-state index contributed by atoms with van der Waals surface area (Å²) in [7, 11) is 0. The summed E-state index contributed by atoms with van der Waals surface area (Å²) in [4.78, 5) is 29.3. The number of carbonyl (C=O) groups is 2. The average molecular weight is 356 g/mol. The normalized spacial score (nSPS) is 16.9. The molecule has 0 atom stereocenters. The highest BCUT2D eigenvalue weighted by Crippen LogP contribution is 2.26. The molecule has 1 fully saturated rings. The average Bonchev–Trinajstić information content (AvgIpc) is 3.27. The largest absolute Gasteiger partial charge is 0.484 e. The number of nitrogens with zero attached hydrogens (tertiary/aromatic N) is 2. The molecule has 6 heteroatoms. The Morgan fingerprint density at radius 3 is 2.96 bits per heavy atom. The molecule has 1 aromatic carbocycles. The second-order valence-corrected chi connectivity index (χ2v) is 7.37. The smallest absolute Gasteiger partial charge is 0.260 e. The third-order valence-electron chi connectivity index (χ3n) is 4.73. The molecule has 0 bridgehead atoms. The van der Waals surface area contributed by atoms with Gasteiger partial charge in [-0.15, -0.1) is 11.3 Å². The van der Waals surface area contributed by atoms with Crippen molar-refractivity contribution in [3.63, 3.8) is 0 Å². The second kappa shape index (κ2) is 6.88. The highest BCUT2D eigenvalue weighted by Gasteiger charge is 2.23. The van der Waals surface area contributed by atoms with E-state index in [1.165, 1.54) is 10.4 Å². The number of rotatable bonds is 4. The summed E-state index contributed by atoms with van der Waals surface area (Å²) in [6.45, 7) is 2.19. The summed E-state index contributed by atoms with van der Waals surface area (Å²) in [5, 5.41) is 2.08. The third-order valence-corrected chi connectivity index (χ3v) is 5.75. The van der Waals surface area contributed by atoms with E-state index in [0.29, 0.717) is 18.7 Å². The lowest BCUT2D eigenvalue weighted by Crippen LogP contribution is -2.38. The van der Waals surface area contributed by atoms with E-state index in [9.17, 15) is 9.59 Å². The number of ether oxygens (including phenoxy) is 1. The Kier molecular flexibility index (Phi) is 4.44. The van der Waals surface area contributed by atoms with Crippen molar-refractivity contribution in [2.24, 2.45) is 0 Å². The van der Waals surface area contributed by atoms with E-state index in [-0.39, 0.29) is 18.4 Å². The number of benzene rings is 1. The number of thiophene rings is 1. The minimum absolute atomic E-state index is 0.000461. The molecule has 1 saturated heterocycles. The van der Waals surface area contributed by atoms with Crippen molar-refractivity contribution in [3.05, 3.63) is 46.2 Å². The highest BCUT2D eigenvalue weighted by molar-refractivity contribution is 7.10. The van der Waals surface area contributed by atoms with Crippen molar-refractivity contribution in [2.75, 3.05) is 24.6 Å². The summed E-state index contributed by atoms with van der Waals surface area (Å²) in [5.41, 5.74) is 2.09. The van der Waals surface area contributed by atoms with Gasteiger partial charge in [-0.1, -0.05) is 6.07 Å². The van der Waals surface area contributed by atoms with Gasteiger partial charge < -0.3 is 14.5 Å². The van der Waals surface area contributed by atoms with Gasteiger partial charge in [-0.25, -0.2) is 0 Å². The van der Waals surface area contributed by atoms with Crippen LogP contribution in [-0.2, 0) is 22.6 Å². The molecule has 2 amide bonds. The van der Waals surface area contributed by atoms with E-state index in [0.717, 1.165) is 31.6 Å². The van der Waals surface area contributed by atoms with Gasteiger partial charge in [-0.2, -0.15) is 0 Å². The molecule has 1 aromatic heterocycles. The molecule has 0 aliphatic carbocycles. The Hall–Kier alpha value is -2.34. The molecule has 130 valence electrons. The fourth-order valence-corrected chi connectivity index (χ4v) is 4.25. The molecule has 0 spiro atoms. The zero-order valence-corrected chi connectivity index (χ0v) is 14.8. The standard InChI is InChI=1S/C19H20N2O3S/c22-18-5-2-8-21(18)15-3-1-4-16(11-15)24-13-19(23)20-9-6-17-14(12-20)7-10-25-17/h1,3-4,7,10-11H,2,5-6,8-9,12-13H2. The van der Waals surface area contributed by atoms with Gasteiger partial charge in [0.15, 0.2) is 6.61 Å². The zero-order valence-electron chi connectivity index (χ0n) is 13.9. The molecule has 5 nitrogen and oxygen atoms in total. The first-order chi connectivity index (χ1) is 12.2. The minimum Gasteiger partial charge on any atom is -0.484 e. The van der Waals surface area contributed by atoms with Crippen LogP contribution >= 0.6 is 11.3 Å². The number of anilines is 1. The zero-order chi connectivity index (χ0) is 17.2. The van der Waals surface area contributed by atoms with Gasteiger partial charge in [0, 0.05) is 42.7 Å². The molecule has 0 saturated carbocycles. The quantitative estimate of drug-likeness (QED) is 0.846. The fraction of sp³-hybridized carbons (Fsp3) is 0.368. The predicted molar refractivity (Wildman–Crippen MR) is 97.0 cm³/mol. The number of carbonyl (C=O) groups excluding carboxylic acids is 2. The van der Waals surface area contributed by atoms with Crippen LogP contribution in [0.5, 0.6) is 5.75 Å². The van der Waals surface area contributed by atoms with Gasteiger partial charge in [0.2, 0.25) is 5.91 Å². The van der Waals surface area contributed by atoms with Gasteiger partial charge in [-0.3, -0.25) is 9.59 Å². The highest BCUT2D eigenvalue weighted by atomic mass is 32.1. The van der Waals surface area contributed by atoms with E-state index in [2.05, 4.69) is 11.4 Å². The molecule has 0 unspecified atom stereocenters. The van der Waals surface area contributed by atoms with Gasteiger partial charge in [0.1, 0.15) is 5.75 Å². The molecule has 0 radical (unpaired) electrons. The first-order valence-electron chi connectivity index (χ1n) is 8.57. The van der Waals surface area contributed by atoms with Crippen LogP contribution in [0.15, 0.2) is 35.7 Å². The van der Waals surface area contributed by atoms with Gasteiger partial charge >= 0.3 is 0 Å². The van der Waals surface area contributed by atoms with Crippen molar-refractivity contribution in [2.45, 2.75) is 25.8 Å². The topological polar surface area (TPSA) is 49.9 Å². The Morgan fingerprint density at radius 1 is 1.20 bits per heavy atom. The van der Waals surface area contributed by atoms with Crippen molar-refractivity contribution in [3.8, 4) is 5.75 Å². The van der Waals surface area contributed by atoms with Crippen LogP contribution in [0.1, 0.15) is 23.3 Å². The van der Waals surface area contributed by atoms with E-state index in [1.54, 1.807) is 16.2 Å². The lowest BCUT2D eigenvalue weighted by molar-refractivity contribution is -0.134. The van der Waals surface area contributed by atoms with Gasteiger partial charge in [-0.05, 0) is 42.0 Å². The molecular formula is C19H20N2O3S. The van der Waals surface area contributed by atoms with E-state index < -0.39 is 0 Å². The Balaban J connectivity index is 1.37. The van der Waals surface area contributed by atoms with Crippen LogP contribution < -0.4 is 9.64 Å². The van der Waals surface area contributed by atoms with E-state index >= 15 is 0 Å². The lowest BCUT2D eigenvalue weighted by atomic mass is 10.1. The first-order valence-corrected chi connectivity index (χ1v) is 9.45. The van der Waals surface area contributed by atoms with Crippen LogP contribution in [0.4, 0.5) is 5.69 Å². The minimum atomic E-state index is -0.000461. The van der Waals surface area contributed by atoms with Crippen LogP contribution in [0.3, 0.4) is 0 Å². The second-order valence-electron chi connectivity index (χ2n) is 6.37. The molecule has 0 N–H and O–H groups in total. The van der Waals surface area contributed by atoms with E-state index in [1.807, 2.05) is 29.2 Å². The molecule has 2 aliphatic rings. The van der Waals surface area contributed by atoms with Gasteiger partial charge in [0.05, 0.1) is 0 Å². The van der Waals surface area contributed by atoms with Crippen molar-refractivity contribution >= 4 is 28.8 Å². The lowest BCUT2D eigenvalue weighted by Gasteiger charge is -2.27. The van der Waals surface area contributed by atoms with Gasteiger partial charge in [0.25, 0.3) is 5.91 Å². The van der Waals surface area contributed by atoms with Crippen LogP contribution in [0, 0.1) is 0 Å². The number of hydrogen-bond donors (Lipinski definition) is 0. The summed E-state index contributed by atoms with van der Waals surface area (Å²) >= 11 is 1.76. The van der Waals surface area contributed by atoms with Crippen molar-refractivity contribution in [1.82, 2.24) is 4.90 Å². The Labute approximate surface area is 150 Å². The third kappa shape index (κ3) is 3.39.